The summed E-state index contributed by atoms with van der Waals surface area (Å²) in [7, 11) is 0. The highest BCUT2D eigenvalue weighted by Crippen LogP contribution is 2.31. The van der Waals surface area contributed by atoms with Crippen LogP contribution in [0.1, 0.15) is 31.5 Å². The summed E-state index contributed by atoms with van der Waals surface area (Å²) in [6.45, 7) is 3.62. The van der Waals surface area contributed by atoms with Gasteiger partial charge >= 0.3 is 0 Å². The van der Waals surface area contributed by atoms with E-state index in [0.717, 1.165) is 25.9 Å². The van der Waals surface area contributed by atoms with Gasteiger partial charge in [0.15, 0.2) is 5.82 Å². The average Bonchev–Trinajstić information content (AvgIpc) is 2.85. The molecule has 1 aliphatic rings. The number of nitrogens with zero attached hydrogens (tertiary/aromatic N) is 2. The van der Waals surface area contributed by atoms with Crippen molar-refractivity contribution >= 4 is 0 Å². The molecule has 1 aliphatic heterocycles. The zero-order valence-electron chi connectivity index (χ0n) is 11.0. The Hall–Kier alpha value is -1.08. The normalized spacial score (nSPS) is 18.9. The van der Waals surface area contributed by atoms with E-state index < -0.39 is 13.0 Å². The van der Waals surface area contributed by atoms with Gasteiger partial charge in [0.2, 0.25) is 5.89 Å². The second-order valence-corrected chi connectivity index (χ2v) is 5.04. The smallest absolute Gasteiger partial charge is 0.261 e. The summed E-state index contributed by atoms with van der Waals surface area (Å²) >= 11 is 0. The van der Waals surface area contributed by atoms with Crippen LogP contribution in [0.15, 0.2) is 4.52 Å². The molecule has 2 heterocycles. The maximum absolute atomic E-state index is 11.9. The predicted molar refractivity (Wildman–Crippen MR) is 64.3 cm³/mol. The van der Waals surface area contributed by atoms with Crippen molar-refractivity contribution in [2.24, 2.45) is 0 Å². The van der Waals surface area contributed by atoms with Gasteiger partial charge < -0.3 is 14.6 Å². The molecular formula is C12H19F2N3O2. The van der Waals surface area contributed by atoms with E-state index >= 15 is 0 Å². The van der Waals surface area contributed by atoms with Crippen LogP contribution in [0.3, 0.4) is 0 Å². The predicted octanol–water partition coefficient (Wildman–Crippen LogP) is 1.53. The molecule has 0 bridgehead atoms. The molecule has 5 nitrogen and oxygen atoms in total. The lowest BCUT2D eigenvalue weighted by Crippen LogP contribution is -2.37. The topological polar surface area (TPSA) is 60.2 Å². The summed E-state index contributed by atoms with van der Waals surface area (Å²) in [4.78, 5) is 4.35. The second kappa shape index (κ2) is 6.38. The Morgan fingerprint density at radius 1 is 1.42 bits per heavy atom. The fourth-order valence-corrected chi connectivity index (χ4v) is 2.13. The van der Waals surface area contributed by atoms with Gasteiger partial charge in [0, 0.05) is 11.8 Å². The van der Waals surface area contributed by atoms with Gasteiger partial charge in [0.25, 0.3) is 6.43 Å². The molecule has 1 fully saturated rings. The zero-order chi connectivity index (χ0) is 13.7. The number of piperidine rings is 1. The first kappa shape index (κ1) is 14.3. The summed E-state index contributed by atoms with van der Waals surface area (Å²) in [6.07, 6.45) is -0.133. The molecule has 108 valence electrons. The number of ether oxygens (including phenoxy) is 1. The molecule has 0 aliphatic carbocycles. The van der Waals surface area contributed by atoms with Crippen molar-refractivity contribution < 1.29 is 18.0 Å². The van der Waals surface area contributed by atoms with Crippen molar-refractivity contribution in [3.8, 4) is 0 Å². The van der Waals surface area contributed by atoms with Gasteiger partial charge in [-0.05, 0) is 25.9 Å². The molecule has 0 saturated carbocycles. The number of hydrogen-bond acceptors (Lipinski definition) is 5. The van der Waals surface area contributed by atoms with Crippen molar-refractivity contribution in [3.63, 3.8) is 0 Å². The van der Waals surface area contributed by atoms with Gasteiger partial charge in [0.1, 0.15) is 6.61 Å². The fourth-order valence-electron chi connectivity index (χ4n) is 2.13. The third-order valence-corrected chi connectivity index (χ3v) is 3.41. The minimum Gasteiger partial charge on any atom is -0.375 e. The van der Waals surface area contributed by atoms with Crippen LogP contribution in [0.2, 0.25) is 0 Å². The number of halogens is 2. The van der Waals surface area contributed by atoms with Crippen LogP contribution in [-0.4, -0.2) is 42.9 Å². The Bertz CT molecular complexity index is 392. The molecule has 0 amide bonds. The fraction of sp³-hybridized carbons (Fsp3) is 0.833. The summed E-state index contributed by atoms with van der Waals surface area (Å²) in [5.41, 5.74) is -0.0830. The van der Waals surface area contributed by atoms with E-state index in [9.17, 15) is 8.78 Å². The minimum atomic E-state index is -2.44. The molecule has 1 N–H and O–H groups in total. The molecule has 7 heteroatoms. The number of alkyl halides is 2. The molecule has 0 radical (unpaired) electrons. The molecule has 2 rings (SSSR count). The monoisotopic (exact) mass is 275 g/mol. The SMILES string of the molecule is CC1(c2nc(CCOCC(F)F)no2)CCNCC1. The molecule has 0 unspecified atom stereocenters. The molecule has 0 spiro atoms. The molecule has 1 aromatic rings. The lowest BCUT2D eigenvalue weighted by Gasteiger charge is -2.30. The van der Waals surface area contributed by atoms with E-state index in [2.05, 4.69) is 22.4 Å². The Morgan fingerprint density at radius 3 is 2.84 bits per heavy atom. The summed E-state index contributed by atoms with van der Waals surface area (Å²) in [6, 6.07) is 0. The zero-order valence-corrected chi connectivity index (χ0v) is 11.0. The molecule has 1 saturated heterocycles. The maximum atomic E-state index is 11.9. The number of nitrogens with one attached hydrogen (secondary N) is 1. The van der Waals surface area contributed by atoms with Crippen LogP contribution in [0.25, 0.3) is 0 Å². The number of rotatable bonds is 6. The van der Waals surface area contributed by atoms with Crippen LogP contribution < -0.4 is 5.32 Å². The summed E-state index contributed by atoms with van der Waals surface area (Å²) in [5.74, 6) is 1.15. The van der Waals surface area contributed by atoms with Crippen LogP contribution in [0, 0.1) is 0 Å². The minimum absolute atomic E-state index is 0.0830. The first-order valence-corrected chi connectivity index (χ1v) is 6.50. The Balaban J connectivity index is 1.84. The highest BCUT2D eigenvalue weighted by Gasteiger charge is 2.34. The van der Waals surface area contributed by atoms with Crippen molar-refractivity contribution in [1.29, 1.82) is 0 Å². The van der Waals surface area contributed by atoms with Crippen LogP contribution in [0.5, 0.6) is 0 Å². The third-order valence-electron chi connectivity index (χ3n) is 3.41. The van der Waals surface area contributed by atoms with E-state index in [0.29, 0.717) is 18.1 Å². The number of hydrogen-bond donors (Lipinski definition) is 1. The third kappa shape index (κ3) is 3.94. The van der Waals surface area contributed by atoms with Crippen LogP contribution in [-0.2, 0) is 16.6 Å². The second-order valence-electron chi connectivity index (χ2n) is 5.04. The van der Waals surface area contributed by atoms with Gasteiger partial charge in [-0.2, -0.15) is 4.98 Å². The van der Waals surface area contributed by atoms with E-state index in [-0.39, 0.29) is 12.0 Å². The van der Waals surface area contributed by atoms with Gasteiger partial charge in [0.05, 0.1) is 6.61 Å². The van der Waals surface area contributed by atoms with Crippen LogP contribution in [0.4, 0.5) is 8.78 Å². The Kier molecular flexibility index (Phi) is 4.81. The van der Waals surface area contributed by atoms with E-state index in [1.807, 2.05) is 0 Å². The van der Waals surface area contributed by atoms with Crippen molar-refractivity contribution in [2.75, 3.05) is 26.3 Å². The number of aromatic nitrogens is 2. The average molecular weight is 275 g/mol. The molecule has 0 aromatic carbocycles. The summed E-state index contributed by atoms with van der Waals surface area (Å²) in [5, 5.41) is 7.17. The first-order chi connectivity index (χ1) is 9.10. The summed E-state index contributed by atoms with van der Waals surface area (Å²) < 4.78 is 33.8. The van der Waals surface area contributed by atoms with Gasteiger partial charge in [-0.1, -0.05) is 12.1 Å². The Labute approximate surface area is 110 Å². The van der Waals surface area contributed by atoms with E-state index in [1.165, 1.54) is 0 Å². The molecular weight excluding hydrogens is 256 g/mol. The largest absolute Gasteiger partial charge is 0.375 e. The van der Waals surface area contributed by atoms with E-state index in [4.69, 9.17) is 9.26 Å². The molecule has 19 heavy (non-hydrogen) atoms. The highest BCUT2D eigenvalue weighted by atomic mass is 19.3. The maximum Gasteiger partial charge on any atom is 0.261 e. The van der Waals surface area contributed by atoms with Crippen molar-refractivity contribution in [2.45, 2.75) is 38.0 Å². The van der Waals surface area contributed by atoms with Gasteiger partial charge in [-0.15, -0.1) is 0 Å². The molecule has 0 atom stereocenters. The highest BCUT2D eigenvalue weighted by molar-refractivity contribution is 5.05. The van der Waals surface area contributed by atoms with Crippen molar-refractivity contribution in [1.82, 2.24) is 15.5 Å². The molecule has 1 aromatic heterocycles. The van der Waals surface area contributed by atoms with Gasteiger partial charge in [-0.3, -0.25) is 0 Å². The lowest BCUT2D eigenvalue weighted by atomic mass is 9.81. The first-order valence-electron chi connectivity index (χ1n) is 6.50. The standard InChI is InChI=1S/C12H19F2N3O2/c1-12(3-5-15-6-4-12)11-16-10(17-19-11)2-7-18-8-9(13)14/h9,15H,2-8H2,1H3. The van der Waals surface area contributed by atoms with Crippen LogP contribution >= 0.6 is 0 Å². The Morgan fingerprint density at radius 2 is 2.16 bits per heavy atom. The lowest BCUT2D eigenvalue weighted by molar-refractivity contribution is 0.0182. The van der Waals surface area contributed by atoms with E-state index in [1.54, 1.807) is 0 Å². The van der Waals surface area contributed by atoms with Crippen molar-refractivity contribution in [3.05, 3.63) is 11.7 Å². The van der Waals surface area contributed by atoms with Gasteiger partial charge in [-0.25, -0.2) is 8.78 Å². The quantitative estimate of drug-likeness (QED) is 0.798.